The number of fused-ring (bicyclic) bond motifs is 3. The van der Waals surface area contributed by atoms with Crippen molar-refractivity contribution in [3.63, 3.8) is 0 Å². The number of aromatic nitrogens is 3. The average molecular weight is 496 g/mol. The maximum absolute atomic E-state index is 13.4. The van der Waals surface area contributed by atoms with Crippen molar-refractivity contribution in [2.75, 3.05) is 13.7 Å². The molecule has 2 aromatic heterocycles. The average Bonchev–Trinajstić information content (AvgIpc) is 3.17. The molecule has 0 saturated carbocycles. The SMILES string of the molecule is COc1ccc([C@H]2OCCn3c(-c4cccc(Br)c4)c4c(=O)n(C)c(=O)n(C)c4c32)cc1. The van der Waals surface area contributed by atoms with E-state index < -0.39 is 6.10 Å². The van der Waals surface area contributed by atoms with E-state index >= 15 is 0 Å². The van der Waals surface area contributed by atoms with Crippen molar-refractivity contribution in [1.82, 2.24) is 13.7 Å². The maximum Gasteiger partial charge on any atom is 0.331 e. The number of hydrogen-bond acceptors (Lipinski definition) is 4. The first-order valence-corrected chi connectivity index (χ1v) is 11.0. The van der Waals surface area contributed by atoms with Crippen molar-refractivity contribution >= 4 is 26.8 Å². The van der Waals surface area contributed by atoms with E-state index in [1.54, 1.807) is 18.7 Å². The summed E-state index contributed by atoms with van der Waals surface area (Å²) in [6.45, 7) is 1.07. The van der Waals surface area contributed by atoms with Gasteiger partial charge in [0.15, 0.2) is 0 Å². The fraction of sp³-hybridized carbons (Fsp3) is 0.250. The van der Waals surface area contributed by atoms with Crippen LogP contribution in [0, 0.1) is 0 Å². The van der Waals surface area contributed by atoms with Gasteiger partial charge in [0.1, 0.15) is 11.9 Å². The number of nitrogens with zero attached hydrogens (tertiary/aromatic N) is 3. The monoisotopic (exact) mass is 495 g/mol. The first-order valence-electron chi connectivity index (χ1n) is 10.3. The Hall–Kier alpha value is -3.10. The third-order valence-corrected chi connectivity index (χ3v) is 6.56. The number of ether oxygens (including phenoxy) is 2. The van der Waals surface area contributed by atoms with Crippen molar-refractivity contribution in [3.05, 3.63) is 85.1 Å². The Bertz CT molecular complexity index is 1460. The molecule has 0 radical (unpaired) electrons. The summed E-state index contributed by atoms with van der Waals surface area (Å²) >= 11 is 3.54. The fourth-order valence-electron chi connectivity index (χ4n) is 4.55. The molecule has 164 valence electrons. The molecule has 0 spiro atoms. The van der Waals surface area contributed by atoms with Gasteiger partial charge in [0.05, 0.1) is 36.0 Å². The van der Waals surface area contributed by atoms with Crippen LogP contribution in [0.15, 0.2) is 62.6 Å². The molecule has 8 heteroatoms. The molecule has 0 fully saturated rings. The number of aryl methyl sites for hydroxylation is 1. The van der Waals surface area contributed by atoms with E-state index in [9.17, 15) is 9.59 Å². The summed E-state index contributed by atoms with van der Waals surface area (Å²) in [5, 5.41) is 0.520. The predicted molar refractivity (Wildman–Crippen MR) is 126 cm³/mol. The number of halogens is 1. The minimum Gasteiger partial charge on any atom is -0.497 e. The van der Waals surface area contributed by atoms with Gasteiger partial charge < -0.3 is 14.0 Å². The van der Waals surface area contributed by atoms with E-state index in [0.29, 0.717) is 24.1 Å². The summed E-state index contributed by atoms with van der Waals surface area (Å²) in [4.78, 5) is 26.3. The normalized spacial score (nSPS) is 15.7. The maximum atomic E-state index is 13.4. The van der Waals surface area contributed by atoms with Gasteiger partial charge in [0.25, 0.3) is 5.56 Å². The van der Waals surface area contributed by atoms with Gasteiger partial charge in [-0.15, -0.1) is 0 Å². The van der Waals surface area contributed by atoms with Crippen LogP contribution in [0.4, 0.5) is 0 Å². The van der Waals surface area contributed by atoms with Crippen LogP contribution in [-0.2, 0) is 25.4 Å². The molecular weight excluding hydrogens is 474 g/mol. The van der Waals surface area contributed by atoms with Crippen LogP contribution < -0.4 is 16.0 Å². The first kappa shape index (κ1) is 20.8. The lowest BCUT2D eigenvalue weighted by Gasteiger charge is -2.28. The molecular formula is C24H22BrN3O4. The van der Waals surface area contributed by atoms with Crippen molar-refractivity contribution in [3.8, 4) is 17.0 Å². The third-order valence-electron chi connectivity index (χ3n) is 6.07. The minimum atomic E-state index is -0.421. The van der Waals surface area contributed by atoms with Gasteiger partial charge in [-0.05, 0) is 29.8 Å². The lowest BCUT2D eigenvalue weighted by atomic mass is 10.0. The largest absolute Gasteiger partial charge is 0.497 e. The van der Waals surface area contributed by atoms with Gasteiger partial charge in [-0.2, -0.15) is 0 Å². The quantitative estimate of drug-likeness (QED) is 0.435. The van der Waals surface area contributed by atoms with Gasteiger partial charge >= 0.3 is 5.69 Å². The summed E-state index contributed by atoms with van der Waals surface area (Å²) in [5.41, 5.74) is 3.37. The van der Waals surface area contributed by atoms with Gasteiger partial charge in [-0.1, -0.05) is 40.2 Å². The summed E-state index contributed by atoms with van der Waals surface area (Å²) in [5.74, 6) is 0.751. The van der Waals surface area contributed by atoms with Crippen LogP contribution in [-0.4, -0.2) is 27.4 Å². The van der Waals surface area contributed by atoms with Crippen molar-refractivity contribution in [2.45, 2.75) is 12.6 Å². The van der Waals surface area contributed by atoms with Gasteiger partial charge in [-0.3, -0.25) is 13.9 Å². The van der Waals surface area contributed by atoms with Crippen LogP contribution in [0.5, 0.6) is 5.75 Å². The molecule has 0 amide bonds. The number of rotatable bonds is 3. The van der Waals surface area contributed by atoms with Crippen LogP contribution in [0.2, 0.25) is 0 Å². The number of hydrogen-bond donors (Lipinski definition) is 0. The van der Waals surface area contributed by atoms with Crippen molar-refractivity contribution < 1.29 is 9.47 Å². The molecule has 0 N–H and O–H groups in total. The zero-order valence-electron chi connectivity index (χ0n) is 18.0. The molecule has 4 aromatic rings. The van der Waals surface area contributed by atoms with E-state index in [2.05, 4.69) is 20.5 Å². The number of methoxy groups -OCH3 is 1. The smallest absolute Gasteiger partial charge is 0.331 e. The highest BCUT2D eigenvalue weighted by Crippen LogP contribution is 2.41. The Morgan fingerprint density at radius 2 is 1.81 bits per heavy atom. The van der Waals surface area contributed by atoms with E-state index in [4.69, 9.17) is 9.47 Å². The minimum absolute atomic E-state index is 0.312. The molecule has 2 aromatic carbocycles. The zero-order valence-corrected chi connectivity index (χ0v) is 19.5. The first-order chi connectivity index (χ1) is 15.4. The Morgan fingerprint density at radius 1 is 1.06 bits per heavy atom. The summed E-state index contributed by atoms with van der Waals surface area (Å²) in [6.07, 6.45) is -0.421. The van der Waals surface area contributed by atoms with Gasteiger partial charge in [0.2, 0.25) is 0 Å². The molecule has 0 unspecified atom stereocenters. The molecule has 7 nitrogen and oxygen atoms in total. The highest BCUT2D eigenvalue weighted by molar-refractivity contribution is 9.10. The highest BCUT2D eigenvalue weighted by Gasteiger charge is 2.33. The van der Waals surface area contributed by atoms with Crippen molar-refractivity contribution in [1.29, 1.82) is 0 Å². The van der Waals surface area contributed by atoms with Crippen LogP contribution >= 0.6 is 15.9 Å². The lowest BCUT2D eigenvalue weighted by Crippen LogP contribution is -2.37. The molecule has 1 atom stereocenters. The topological polar surface area (TPSA) is 67.4 Å². The molecule has 0 aliphatic carbocycles. The zero-order chi connectivity index (χ0) is 22.6. The second-order valence-corrected chi connectivity index (χ2v) is 8.76. The Labute approximate surface area is 192 Å². The lowest BCUT2D eigenvalue weighted by molar-refractivity contribution is 0.0478. The van der Waals surface area contributed by atoms with E-state index in [1.807, 2.05) is 48.5 Å². The Kier molecular flexibility index (Phi) is 5.06. The molecule has 5 rings (SSSR count). The predicted octanol–water partition coefficient (Wildman–Crippen LogP) is 3.60. The Balaban J connectivity index is 1.90. The van der Waals surface area contributed by atoms with E-state index in [-0.39, 0.29) is 11.2 Å². The standard InChI is InChI=1S/C24H22BrN3O4/c1-26-20-18(23(29)27(2)24(26)30)19(15-5-4-6-16(25)13-15)28-11-12-32-22(21(20)28)14-7-9-17(31-3)10-8-14/h4-10,13,22H,11-12H2,1-3H3/t22-/m1/s1. The fourth-order valence-corrected chi connectivity index (χ4v) is 4.95. The Morgan fingerprint density at radius 3 is 2.50 bits per heavy atom. The molecule has 1 aliphatic heterocycles. The van der Waals surface area contributed by atoms with Crippen LogP contribution in [0.25, 0.3) is 22.2 Å². The van der Waals surface area contributed by atoms with Gasteiger partial charge in [0, 0.05) is 30.7 Å². The van der Waals surface area contributed by atoms with Crippen LogP contribution in [0.3, 0.4) is 0 Å². The van der Waals surface area contributed by atoms with E-state index in [0.717, 1.165) is 32.7 Å². The number of benzene rings is 2. The second kappa shape index (κ2) is 7.79. The highest BCUT2D eigenvalue weighted by atomic mass is 79.9. The third kappa shape index (κ3) is 3.05. The molecule has 0 bridgehead atoms. The van der Waals surface area contributed by atoms with Gasteiger partial charge in [-0.25, -0.2) is 4.79 Å². The van der Waals surface area contributed by atoms with Crippen molar-refractivity contribution in [2.24, 2.45) is 14.1 Å². The van der Waals surface area contributed by atoms with E-state index in [1.165, 1.54) is 11.6 Å². The molecule has 3 heterocycles. The summed E-state index contributed by atoms with van der Waals surface area (Å²) < 4.78 is 17.3. The second-order valence-electron chi connectivity index (χ2n) is 7.85. The summed E-state index contributed by atoms with van der Waals surface area (Å²) in [6, 6.07) is 15.5. The molecule has 32 heavy (non-hydrogen) atoms. The molecule has 1 aliphatic rings. The van der Waals surface area contributed by atoms with Crippen LogP contribution in [0.1, 0.15) is 17.4 Å². The summed E-state index contributed by atoms with van der Waals surface area (Å²) in [7, 11) is 4.85. The molecule has 0 saturated heterocycles.